The van der Waals surface area contributed by atoms with Crippen LogP contribution in [-0.2, 0) is 14.9 Å². The number of ether oxygens (including phenoxy) is 1. The first-order valence-electron chi connectivity index (χ1n) is 9.78. The minimum absolute atomic E-state index is 0.125. The van der Waals surface area contributed by atoms with Gasteiger partial charge in [-0.15, -0.1) is 11.3 Å². The first-order valence-corrected chi connectivity index (χ1v) is 10.7. The van der Waals surface area contributed by atoms with Gasteiger partial charge in [0.2, 0.25) is 0 Å². The number of piperidine rings is 1. The number of anilines is 2. The molecule has 1 aromatic carbocycles. The molecule has 1 amide bonds. The second kappa shape index (κ2) is 6.58. The van der Waals surface area contributed by atoms with Gasteiger partial charge in [0, 0.05) is 42.2 Å². The summed E-state index contributed by atoms with van der Waals surface area (Å²) >= 11 is 1.70. The molecule has 28 heavy (non-hydrogen) atoms. The van der Waals surface area contributed by atoms with Crippen molar-refractivity contribution in [2.24, 2.45) is 5.92 Å². The lowest BCUT2D eigenvalue weighted by atomic mass is 9.95. The molecule has 2 unspecified atom stereocenters. The third kappa shape index (κ3) is 2.98. The monoisotopic (exact) mass is 397 g/mol. The van der Waals surface area contributed by atoms with Crippen molar-refractivity contribution in [2.75, 3.05) is 29.4 Å². The van der Waals surface area contributed by atoms with Gasteiger partial charge in [-0.2, -0.15) is 0 Å². The van der Waals surface area contributed by atoms with Gasteiger partial charge in [-0.3, -0.25) is 4.90 Å². The average molecular weight is 398 g/mol. The molecule has 3 aliphatic rings. The molecular weight excluding hydrogens is 374 g/mol. The first-order chi connectivity index (χ1) is 13.5. The number of fused-ring (bicyclic) bond motifs is 1. The zero-order chi connectivity index (χ0) is 19.3. The van der Waals surface area contributed by atoms with Crippen LogP contribution in [0.25, 0.3) is 0 Å². The summed E-state index contributed by atoms with van der Waals surface area (Å²) in [6.45, 7) is 4.17. The maximum absolute atomic E-state index is 12.2. The minimum atomic E-state index is -0.320. The number of carbonyl (C=O) groups excluding carboxylic acids is 2. The predicted molar refractivity (Wildman–Crippen MR) is 108 cm³/mol. The van der Waals surface area contributed by atoms with E-state index in [9.17, 15) is 9.59 Å². The van der Waals surface area contributed by atoms with Crippen molar-refractivity contribution < 1.29 is 14.3 Å². The van der Waals surface area contributed by atoms with E-state index in [1.807, 2.05) is 23.7 Å². The topological polar surface area (TPSA) is 62.7 Å². The van der Waals surface area contributed by atoms with Crippen molar-refractivity contribution >= 4 is 34.0 Å². The van der Waals surface area contributed by atoms with E-state index in [1.165, 1.54) is 12.0 Å². The van der Waals surface area contributed by atoms with Crippen LogP contribution in [0.4, 0.5) is 15.6 Å². The highest BCUT2D eigenvalue weighted by molar-refractivity contribution is 7.13. The Kier molecular flexibility index (Phi) is 4.16. The third-order valence-corrected chi connectivity index (χ3v) is 7.11. The lowest BCUT2D eigenvalue weighted by Gasteiger charge is -2.21. The smallest absolute Gasteiger partial charge is 0.414 e. The Morgan fingerprint density at radius 3 is 2.86 bits per heavy atom. The third-order valence-electron chi connectivity index (χ3n) is 6.28. The molecule has 0 N–H and O–H groups in total. The number of cyclic esters (lactones) is 1. The molecule has 0 bridgehead atoms. The highest BCUT2D eigenvalue weighted by Crippen LogP contribution is 2.59. The van der Waals surface area contributed by atoms with Crippen molar-refractivity contribution in [2.45, 2.75) is 37.7 Å². The van der Waals surface area contributed by atoms with E-state index in [1.54, 1.807) is 23.2 Å². The van der Waals surface area contributed by atoms with Crippen LogP contribution >= 0.6 is 11.3 Å². The maximum Gasteiger partial charge on any atom is 0.414 e. The van der Waals surface area contributed by atoms with Crippen molar-refractivity contribution in [3.63, 3.8) is 0 Å². The molecule has 7 heteroatoms. The fraction of sp³-hybridized carbons (Fsp3) is 0.476. The normalized spacial score (nSPS) is 28.4. The number of amides is 1. The van der Waals surface area contributed by atoms with Crippen LogP contribution < -0.4 is 9.80 Å². The predicted octanol–water partition coefficient (Wildman–Crippen LogP) is 3.62. The number of carbonyl (C=O) groups is 2. The SMILES string of the molecule is CC(=O)CC[C@H]1CN(c2ccc(C34CC3CN(c3nccs3)C4)cc2)C(=O)O1. The van der Waals surface area contributed by atoms with Crippen LogP contribution in [-0.4, -0.2) is 42.6 Å². The summed E-state index contributed by atoms with van der Waals surface area (Å²) in [4.78, 5) is 31.9. The number of benzene rings is 1. The Hall–Kier alpha value is -2.41. The largest absolute Gasteiger partial charge is 0.444 e. The van der Waals surface area contributed by atoms with Crippen LogP contribution in [0, 0.1) is 5.92 Å². The molecule has 3 heterocycles. The molecule has 5 rings (SSSR count). The fourth-order valence-corrected chi connectivity index (χ4v) is 5.32. The summed E-state index contributed by atoms with van der Waals surface area (Å²) in [5.74, 6) is 0.815. The van der Waals surface area contributed by atoms with Gasteiger partial charge in [0.25, 0.3) is 0 Å². The van der Waals surface area contributed by atoms with Crippen LogP contribution in [0.1, 0.15) is 31.7 Å². The summed E-state index contributed by atoms with van der Waals surface area (Å²) in [6.07, 6.45) is 3.61. The van der Waals surface area contributed by atoms with Gasteiger partial charge in [0.1, 0.15) is 11.9 Å². The molecule has 1 aliphatic carbocycles. The Bertz CT molecular complexity index is 898. The summed E-state index contributed by atoms with van der Waals surface area (Å²) in [7, 11) is 0. The standard InChI is InChI=1S/C21H23N3O3S/c1-14(25)2-7-18-12-24(20(26)27-18)17-5-3-15(4-6-17)21-10-16(21)11-23(13-21)19-22-8-9-28-19/h3-6,8-9,16,18H,2,7,10-13H2,1H3/t16?,18-,21?/m0/s1. The van der Waals surface area contributed by atoms with E-state index in [4.69, 9.17) is 4.74 Å². The van der Waals surface area contributed by atoms with E-state index in [0.717, 1.165) is 23.9 Å². The number of hydrogen-bond donors (Lipinski definition) is 0. The summed E-state index contributed by atoms with van der Waals surface area (Å²) in [5, 5.41) is 3.14. The number of hydrogen-bond acceptors (Lipinski definition) is 6. The number of ketones is 1. The van der Waals surface area contributed by atoms with Crippen molar-refractivity contribution in [1.82, 2.24) is 4.98 Å². The molecule has 2 saturated heterocycles. The Balaban J connectivity index is 1.27. The molecule has 1 saturated carbocycles. The lowest BCUT2D eigenvalue weighted by Crippen LogP contribution is -2.26. The zero-order valence-corrected chi connectivity index (χ0v) is 16.7. The van der Waals surface area contributed by atoms with E-state index < -0.39 is 0 Å². The molecule has 6 nitrogen and oxygen atoms in total. The number of Topliss-reactive ketones (excluding diaryl/α,β-unsaturated/α-hetero) is 1. The summed E-state index contributed by atoms with van der Waals surface area (Å²) in [6, 6.07) is 8.38. The maximum atomic E-state index is 12.2. The number of thiazole rings is 1. The van der Waals surface area contributed by atoms with E-state index in [-0.39, 0.29) is 23.4 Å². The second-order valence-electron chi connectivity index (χ2n) is 8.16. The molecule has 3 atom stereocenters. The molecule has 0 radical (unpaired) electrons. The second-order valence-corrected chi connectivity index (χ2v) is 9.03. The fourth-order valence-electron chi connectivity index (χ4n) is 4.67. The molecular formula is C21H23N3O3S. The molecule has 1 aromatic heterocycles. The highest BCUT2D eigenvalue weighted by atomic mass is 32.1. The zero-order valence-electron chi connectivity index (χ0n) is 15.8. The van der Waals surface area contributed by atoms with E-state index in [2.05, 4.69) is 22.0 Å². The first kappa shape index (κ1) is 17.7. The van der Waals surface area contributed by atoms with Crippen LogP contribution in [0.3, 0.4) is 0 Å². The molecule has 0 spiro atoms. The van der Waals surface area contributed by atoms with Gasteiger partial charge in [-0.25, -0.2) is 9.78 Å². The number of rotatable bonds is 6. The summed E-state index contributed by atoms with van der Waals surface area (Å²) < 4.78 is 5.41. The average Bonchev–Trinajstić information content (AvgIpc) is 3.13. The van der Waals surface area contributed by atoms with Crippen molar-refractivity contribution in [3.05, 3.63) is 41.4 Å². The molecule has 2 aromatic rings. The van der Waals surface area contributed by atoms with Gasteiger partial charge < -0.3 is 14.4 Å². The minimum Gasteiger partial charge on any atom is -0.444 e. The van der Waals surface area contributed by atoms with Crippen molar-refractivity contribution in [1.29, 1.82) is 0 Å². The molecule has 2 aliphatic heterocycles. The van der Waals surface area contributed by atoms with Gasteiger partial charge in [-0.1, -0.05) is 12.1 Å². The van der Waals surface area contributed by atoms with Gasteiger partial charge in [0.05, 0.1) is 6.54 Å². The van der Waals surface area contributed by atoms with Gasteiger partial charge in [0.15, 0.2) is 5.13 Å². The Morgan fingerprint density at radius 1 is 1.32 bits per heavy atom. The quantitative estimate of drug-likeness (QED) is 0.745. The highest BCUT2D eigenvalue weighted by Gasteiger charge is 2.61. The van der Waals surface area contributed by atoms with Crippen LogP contribution in [0.5, 0.6) is 0 Å². The summed E-state index contributed by atoms with van der Waals surface area (Å²) in [5.41, 5.74) is 2.45. The molecule has 146 valence electrons. The van der Waals surface area contributed by atoms with Crippen LogP contribution in [0.2, 0.25) is 0 Å². The van der Waals surface area contributed by atoms with Crippen LogP contribution in [0.15, 0.2) is 35.8 Å². The molecule has 3 fully saturated rings. The van der Waals surface area contributed by atoms with Gasteiger partial charge in [-0.05, 0) is 43.4 Å². The van der Waals surface area contributed by atoms with E-state index >= 15 is 0 Å². The Morgan fingerprint density at radius 2 is 2.14 bits per heavy atom. The van der Waals surface area contributed by atoms with Crippen molar-refractivity contribution in [3.8, 4) is 0 Å². The van der Waals surface area contributed by atoms with E-state index in [0.29, 0.717) is 25.3 Å². The van der Waals surface area contributed by atoms with Gasteiger partial charge >= 0.3 is 6.09 Å². The number of nitrogens with zero attached hydrogens (tertiary/aromatic N) is 3. The Labute approximate surface area is 168 Å². The number of aromatic nitrogens is 1. The lowest BCUT2D eigenvalue weighted by molar-refractivity contribution is -0.117.